The molecule has 2 amide bonds. The number of rotatable bonds is 8. The van der Waals surface area contributed by atoms with E-state index in [1.807, 2.05) is 0 Å². The molecule has 4 rings (SSSR count). The molecule has 2 aromatic carbocycles. The summed E-state index contributed by atoms with van der Waals surface area (Å²) in [6.07, 6.45) is -0.654. The van der Waals surface area contributed by atoms with Gasteiger partial charge in [0.2, 0.25) is 5.91 Å². The molecule has 0 aliphatic carbocycles. The van der Waals surface area contributed by atoms with Crippen molar-refractivity contribution in [3.05, 3.63) is 65.7 Å². The third-order valence-electron chi connectivity index (χ3n) is 5.15. The minimum atomic E-state index is -0.992. The Bertz CT molecular complexity index is 1240. The number of cyclic esters (lactones) is 1. The van der Waals surface area contributed by atoms with Gasteiger partial charge in [0, 0.05) is 18.9 Å². The molecule has 0 spiro atoms. The molecule has 1 aliphatic heterocycles. The zero-order valence-electron chi connectivity index (χ0n) is 17.6. The molecule has 0 saturated carbocycles. The molecule has 0 radical (unpaired) electrons. The molecular weight excluding hydrogens is 455 g/mol. The lowest BCUT2D eigenvalue weighted by Crippen LogP contribution is -2.34. The van der Waals surface area contributed by atoms with E-state index >= 15 is 0 Å². The van der Waals surface area contributed by atoms with E-state index in [2.05, 4.69) is 20.5 Å². The van der Waals surface area contributed by atoms with E-state index in [-0.39, 0.29) is 48.6 Å². The van der Waals surface area contributed by atoms with Crippen LogP contribution < -0.4 is 10.2 Å². The van der Waals surface area contributed by atoms with Crippen LogP contribution in [0.1, 0.15) is 23.2 Å². The third-order valence-corrected chi connectivity index (χ3v) is 5.15. The molecule has 1 unspecified atom stereocenters. The van der Waals surface area contributed by atoms with Gasteiger partial charge in [-0.25, -0.2) is 22.9 Å². The van der Waals surface area contributed by atoms with Gasteiger partial charge in [0.15, 0.2) is 11.6 Å². The summed E-state index contributed by atoms with van der Waals surface area (Å²) in [5.41, 5.74) is 0.162. The van der Waals surface area contributed by atoms with Gasteiger partial charge < -0.3 is 10.1 Å². The summed E-state index contributed by atoms with van der Waals surface area (Å²) in [5, 5.41) is 8.77. The highest BCUT2D eigenvalue weighted by molar-refractivity contribution is 5.98. The van der Waals surface area contributed by atoms with Crippen LogP contribution in [0.4, 0.5) is 23.7 Å². The van der Waals surface area contributed by atoms with Crippen molar-refractivity contribution in [1.82, 2.24) is 20.5 Å². The van der Waals surface area contributed by atoms with E-state index in [1.54, 1.807) is 0 Å². The van der Waals surface area contributed by atoms with E-state index in [9.17, 15) is 27.6 Å². The summed E-state index contributed by atoms with van der Waals surface area (Å²) in [4.78, 5) is 41.4. The molecule has 1 aliphatic rings. The first-order valence-electron chi connectivity index (χ1n) is 10.2. The van der Waals surface area contributed by atoms with E-state index < -0.39 is 41.3 Å². The molecule has 1 aromatic heterocycles. The number of aromatic nitrogens is 3. The summed E-state index contributed by atoms with van der Waals surface area (Å²) in [5.74, 6) is -3.31. The van der Waals surface area contributed by atoms with Crippen molar-refractivity contribution in [3.8, 4) is 11.4 Å². The highest BCUT2D eigenvalue weighted by Crippen LogP contribution is 2.27. The fourth-order valence-corrected chi connectivity index (χ4v) is 3.43. The number of amides is 2. The molecule has 3 aromatic rings. The standard InChI is InChI=1S/C22H18F3N5O4/c23-12-1-3-15(17(24)7-12)19(31)5-6-20(32)26-9-14-10-30(22(33)34-14)13-2-4-16(18(25)8-13)21-27-11-28-29-21/h1-4,7-8,11,14H,5-6,9-10H2,(H,26,32)(H,27,28,29). The topological polar surface area (TPSA) is 117 Å². The van der Waals surface area contributed by atoms with Gasteiger partial charge in [-0.2, -0.15) is 5.10 Å². The Labute approximate surface area is 190 Å². The molecule has 34 heavy (non-hydrogen) atoms. The second kappa shape index (κ2) is 9.73. The van der Waals surface area contributed by atoms with E-state index in [0.29, 0.717) is 6.07 Å². The molecule has 1 saturated heterocycles. The number of carbonyl (C=O) groups is 3. The number of nitrogens with one attached hydrogen (secondary N) is 2. The lowest BCUT2D eigenvalue weighted by Gasteiger charge is -2.14. The molecule has 176 valence electrons. The van der Waals surface area contributed by atoms with Crippen molar-refractivity contribution in [1.29, 1.82) is 0 Å². The minimum Gasteiger partial charge on any atom is -0.442 e. The van der Waals surface area contributed by atoms with Crippen LogP contribution in [0.15, 0.2) is 42.7 Å². The van der Waals surface area contributed by atoms with Crippen LogP contribution in [0, 0.1) is 17.5 Å². The lowest BCUT2D eigenvalue weighted by atomic mass is 10.1. The van der Waals surface area contributed by atoms with Gasteiger partial charge in [-0.05, 0) is 30.3 Å². The lowest BCUT2D eigenvalue weighted by molar-refractivity contribution is -0.121. The predicted octanol–water partition coefficient (Wildman–Crippen LogP) is 2.99. The number of halogens is 3. The summed E-state index contributed by atoms with van der Waals surface area (Å²) in [6, 6.07) is 6.74. The van der Waals surface area contributed by atoms with Crippen LogP contribution in [0.3, 0.4) is 0 Å². The van der Waals surface area contributed by atoms with Gasteiger partial charge in [-0.15, -0.1) is 0 Å². The van der Waals surface area contributed by atoms with Crippen LogP contribution in [0.5, 0.6) is 0 Å². The maximum atomic E-state index is 14.5. The van der Waals surface area contributed by atoms with Crippen LogP contribution in [0.25, 0.3) is 11.4 Å². The fourth-order valence-electron chi connectivity index (χ4n) is 3.43. The summed E-state index contributed by atoms with van der Waals surface area (Å²) in [7, 11) is 0. The van der Waals surface area contributed by atoms with Gasteiger partial charge in [0.1, 0.15) is 29.9 Å². The Balaban J connectivity index is 1.28. The Hall–Kier alpha value is -4.22. The molecule has 9 nitrogen and oxygen atoms in total. The summed E-state index contributed by atoms with van der Waals surface area (Å²) >= 11 is 0. The van der Waals surface area contributed by atoms with Gasteiger partial charge in [0.05, 0.1) is 29.9 Å². The number of hydrogen-bond donors (Lipinski definition) is 2. The maximum absolute atomic E-state index is 14.5. The SMILES string of the molecule is O=C(CCC(=O)c1ccc(F)cc1F)NCC1CN(c2ccc(-c3ncn[nH]3)c(F)c2)C(=O)O1. The van der Waals surface area contributed by atoms with E-state index in [1.165, 1.54) is 29.4 Å². The molecule has 1 atom stereocenters. The fraction of sp³-hybridized carbons (Fsp3) is 0.227. The van der Waals surface area contributed by atoms with Crippen molar-refractivity contribution in [2.24, 2.45) is 0 Å². The van der Waals surface area contributed by atoms with Gasteiger partial charge in [-0.1, -0.05) is 0 Å². The number of anilines is 1. The average Bonchev–Trinajstić information content (AvgIpc) is 3.46. The zero-order chi connectivity index (χ0) is 24.2. The van der Waals surface area contributed by atoms with Crippen molar-refractivity contribution in [2.75, 3.05) is 18.0 Å². The molecule has 2 heterocycles. The van der Waals surface area contributed by atoms with Crippen LogP contribution in [-0.2, 0) is 9.53 Å². The Morgan fingerprint density at radius 1 is 1.12 bits per heavy atom. The van der Waals surface area contributed by atoms with E-state index in [4.69, 9.17) is 4.74 Å². The molecule has 1 fully saturated rings. The van der Waals surface area contributed by atoms with Crippen LogP contribution in [-0.4, -0.2) is 52.2 Å². The first kappa shape index (κ1) is 23.0. The molecule has 2 N–H and O–H groups in total. The van der Waals surface area contributed by atoms with Crippen molar-refractivity contribution < 1.29 is 32.3 Å². The number of hydrogen-bond acceptors (Lipinski definition) is 6. The Morgan fingerprint density at radius 2 is 1.94 bits per heavy atom. The Kier molecular flexibility index (Phi) is 6.57. The monoisotopic (exact) mass is 473 g/mol. The number of aromatic amines is 1. The Morgan fingerprint density at radius 3 is 2.65 bits per heavy atom. The minimum absolute atomic E-state index is 0.0290. The van der Waals surface area contributed by atoms with Crippen molar-refractivity contribution >= 4 is 23.5 Å². The number of Topliss-reactive ketones (excluding diaryl/α,β-unsaturated/α-hetero) is 1. The van der Waals surface area contributed by atoms with E-state index in [0.717, 1.165) is 12.1 Å². The number of ketones is 1. The number of nitrogens with zero attached hydrogens (tertiary/aromatic N) is 3. The quantitative estimate of drug-likeness (QED) is 0.486. The first-order chi connectivity index (χ1) is 16.3. The van der Waals surface area contributed by atoms with Gasteiger partial charge in [-0.3, -0.25) is 19.6 Å². The third kappa shape index (κ3) is 5.05. The maximum Gasteiger partial charge on any atom is 0.414 e. The van der Waals surface area contributed by atoms with Crippen LogP contribution >= 0.6 is 0 Å². The zero-order valence-corrected chi connectivity index (χ0v) is 17.6. The summed E-state index contributed by atoms with van der Waals surface area (Å²) < 4.78 is 46.3. The first-order valence-corrected chi connectivity index (χ1v) is 10.2. The number of benzene rings is 2. The van der Waals surface area contributed by atoms with Gasteiger partial charge in [0.25, 0.3) is 0 Å². The highest BCUT2D eigenvalue weighted by Gasteiger charge is 2.33. The van der Waals surface area contributed by atoms with Crippen molar-refractivity contribution in [2.45, 2.75) is 18.9 Å². The summed E-state index contributed by atoms with van der Waals surface area (Å²) in [6.45, 7) is 0.0404. The molecule has 12 heteroatoms. The van der Waals surface area contributed by atoms with Crippen molar-refractivity contribution in [3.63, 3.8) is 0 Å². The second-order valence-electron chi connectivity index (χ2n) is 7.47. The average molecular weight is 473 g/mol. The number of H-pyrrole nitrogens is 1. The predicted molar refractivity (Wildman–Crippen MR) is 112 cm³/mol. The number of ether oxygens (including phenoxy) is 1. The van der Waals surface area contributed by atoms with Gasteiger partial charge >= 0.3 is 6.09 Å². The smallest absolute Gasteiger partial charge is 0.414 e. The normalized spacial score (nSPS) is 15.3. The molecular formula is C22H18F3N5O4. The van der Waals surface area contributed by atoms with Crippen LogP contribution in [0.2, 0.25) is 0 Å². The largest absolute Gasteiger partial charge is 0.442 e. The molecule has 0 bridgehead atoms. The highest BCUT2D eigenvalue weighted by atomic mass is 19.1. The second-order valence-corrected chi connectivity index (χ2v) is 7.47. The number of carbonyl (C=O) groups excluding carboxylic acids is 3.